The fraction of sp³-hybridized carbons (Fsp3) is 0.333. The van der Waals surface area contributed by atoms with Gasteiger partial charge in [-0.1, -0.05) is 13.0 Å². The summed E-state index contributed by atoms with van der Waals surface area (Å²) in [6.45, 7) is 5.22. The maximum Gasteiger partial charge on any atom is 0.124 e. The number of phenols is 1. The lowest BCUT2D eigenvalue weighted by Gasteiger charge is -2.05. The molecule has 2 aromatic rings. The van der Waals surface area contributed by atoms with Gasteiger partial charge in [0, 0.05) is 17.6 Å². The van der Waals surface area contributed by atoms with E-state index in [9.17, 15) is 5.11 Å². The fourth-order valence-electron chi connectivity index (χ4n) is 1.99. The summed E-state index contributed by atoms with van der Waals surface area (Å²) in [5.74, 6) is 0.379. The molecular formula is C12H15NO. The molecule has 0 aliphatic rings. The second-order valence-corrected chi connectivity index (χ2v) is 3.44. The van der Waals surface area contributed by atoms with Crippen LogP contribution < -0.4 is 0 Å². The first-order valence-electron chi connectivity index (χ1n) is 5.08. The van der Waals surface area contributed by atoms with E-state index in [4.69, 9.17) is 0 Å². The average molecular weight is 189 g/mol. The van der Waals surface area contributed by atoms with Crippen LogP contribution in [0.1, 0.15) is 19.5 Å². The van der Waals surface area contributed by atoms with Crippen molar-refractivity contribution in [2.45, 2.75) is 26.8 Å². The number of hydrogen-bond acceptors (Lipinski definition) is 1. The van der Waals surface area contributed by atoms with Crippen molar-refractivity contribution in [3.05, 3.63) is 30.0 Å². The molecule has 74 valence electrons. The molecule has 0 bridgehead atoms. The minimum Gasteiger partial charge on any atom is -0.507 e. The number of hydrogen-bond donors (Lipinski definition) is 1. The smallest absolute Gasteiger partial charge is 0.124 e. The number of rotatable bonds is 2. The van der Waals surface area contributed by atoms with Gasteiger partial charge in [-0.05, 0) is 31.5 Å². The van der Waals surface area contributed by atoms with Crippen LogP contribution in [0.2, 0.25) is 0 Å². The third kappa shape index (κ3) is 1.18. The lowest BCUT2D eigenvalue weighted by molar-refractivity contribution is 0.481. The lowest BCUT2D eigenvalue weighted by atomic mass is 10.2. The maximum absolute atomic E-state index is 9.69. The molecular weight excluding hydrogens is 174 g/mol. The predicted molar refractivity (Wildman–Crippen MR) is 58.7 cm³/mol. The summed E-state index contributed by atoms with van der Waals surface area (Å²) < 4.78 is 2.25. The average Bonchev–Trinajstić information content (AvgIpc) is 2.57. The van der Waals surface area contributed by atoms with Crippen molar-refractivity contribution < 1.29 is 5.11 Å². The Morgan fingerprint density at radius 2 is 2.07 bits per heavy atom. The van der Waals surface area contributed by atoms with Gasteiger partial charge in [-0.3, -0.25) is 0 Å². The summed E-state index contributed by atoms with van der Waals surface area (Å²) in [7, 11) is 0. The van der Waals surface area contributed by atoms with E-state index in [0.717, 1.165) is 23.9 Å². The zero-order valence-electron chi connectivity index (χ0n) is 8.62. The molecule has 0 amide bonds. The molecule has 2 nitrogen and oxygen atoms in total. The van der Waals surface area contributed by atoms with E-state index in [1.807, 2.05) is 6.07 Å². The topological polar surface area (TPSA) is 25.2 Å². The molecule has 0 radical (unpaired) electrons. The molecule has 0 aliphatic heterocycles. The first kappa shape index (κ1) is 9.13. The maximum atomic E-state index is 9.69. The van der Waals surface area contributed by atoms with Gasteiger partial charge in [-0.2, -0.15) is 0 Å². The minimum absolute atomic E-state index is 0.379. The Labute approximate surface area is 83.8 Å². The van der Waals surface area contributed by atoms with Gasteiger partial charge in [0.15, 0.2) is 0 Å². The minimum atomic E-state index is 0.379. The Balaban J connectivity index is 2.79. The van der Waals surface area contributed by atoms with Crippen molar-refractivity contribution >= 4 is 10.9 Å². The van der Waals surface area contributed by atoms with Crippen LogP contribution in [-0.4, -0.2) is 9.67 Å². The highest BCUT2D eigenvalue weighted by Crippen LogP contribution is 2.27. The molecule has 0 aliphatic carbocycles. The van der Waals surface area contributed by atoms with Gasteiger partial charge in [0.2, 0.25) is 0 Å². The van der Waals surface area contributed by atoms with Gasteiger partial charge in [-0.25, -0.2) is 0 Å². The molecule has 0 saturated heterocycles. The zero-order chi connectivity index (χ0) is 10.1. The Bertz CT molecular complexity index is 457. The quantitative estimate of drug-likeness (QED) is 0.772. The highest BCUT2D eigenvalue weighted by atomic mass is 16.3. The van der Waals surface area contributed by atoms with Crippen molar-refractivity contribution in [1.29, 1.82) is 0 Å². The number of benzene rings is 1. The van der Waals surface area contributed by atoms with Crippen molar-refractivity contribution in [2.24, 2.45) is 0 Å². The highest BCUT2D eigenvalue weighted by Gasteiger charge is 2.07. The largest absolute Gasteiger partial charge is 0.507 e. The Morgan fingerprint density at radius 3 is 2.71 bits per heavy atom. The summed E-state index contributed by atoms with van der Waals surface area (Å²) in [5, 5.41) is 10.7. The lowest BCUT2D eigenvalue weighted by Crippen LogP contribution is -1.98. The van der Waals surface area contributed by atoms with E-state index in [2.05, 4.69) is 30.5 Å². The molecule has 1 aromatic carbocycles. The highest BCUT2D eigenvalue weighted by molar-refractivity contribution is 5.87. The van der Waals surface area contributed by atoms with E-state index in [0.29, 0.717) is 5.75 Å². The Morgan fingerprint density at radius 1 is 1.29 bits per heavy atom. The number of fused-ring (bicyclic) bond motifs is 1. The summed E-state index contributed by atoms with van der Waals surface area (Å²) in [4.78, 5) is 0. The first-order valence-corrected chi connectivity index (χ1v) is 5.08. The standard InChI is InChI=1S/C12H15NO/c1-3-9-8-10-11(13(9)4-2)6-5-7-12(10)14/h5-8,14H,3-4H2,1-2H3. The summed E-state index contributed by atoms with van der Waals surface area (Å²) in [6.07, 6.45) is 1.00. The Hall–Kier alpha value is -1.44. The van der Waals surface area contributed by atoms with Crippen LogP contribution in [0.3, 0.4) is 0 Å². The van der Waals surface area contributed by atoms with Crippen LogP contribution in [0.5, 0.6) is 5.75 Å². The van der Waals surface area contributed by atoms with Crippen molar-refractivity contribution in [3.8, 4) is 5.75 Å². The number of nitrogens with zero attached hydrogens (tertiary/aromatic N) is 1. The Kier molecular flexibility index (Phi) is 2.20. The molecule has 0 atom stereocenters. The normalized spacial score (nSPS) is 11.0. The predicted octanol–water partition coefficient (Wildman–Crippen LogP) is 2.93. The summed E-state index contributed by atoms with van der Waals surface area (Å²) in [5.41, 5.74) is 2.41. The van der Waals surface area contributed by atoms with E-state index < -0.39 is 0 Å². The molecule has 0 spiro atoms. The second-order valence-electron chi connectivity index (χ2n) is 3.44. The molecule has 0 unspecified atom stereocenters. The molecule has 0 saturated carbocycles. The second kappa shape index (κ2) is 3.37. The van der Waals surface area contributed by atoms with Gasteiger partial charge in [0.1, 0.15) is 5.75 Å². The van der Waals surface area contributed by atoms with Crippen LogP contribution in [0, 0.1) is 0 Å². The summed E-state index contributed by atoms with van der Waals surface area (Å²) in [6, 6.07) is 7.76. The van der Waals surface area contributed by atoms with Gasteiger partial charge >= 0.3 is 0 Å². The van der Waals surface area contributed by atoms with Crippen LogP contribution in [0.25, 0.3) is 10.9 Å². The van der Waals surface area contributed by atoms with E-state index >= 15 is 0 Å². The molecule has 0 fully saturated rings. The molecule has 2 heteroatoms. The third-order valence-corrected chi connectivity index (χ3v) is 2.69. The van der Waals surface area contributed by atoms with Gasteiger partial charge in [-0.15, -0.1) is 0 Å². The molecule has 2 rings (SSSR count). The van der Waals surface area contributed by atoms with E-state index in [-0.39, 0.29) is 0 Å². The van der Waals surface area contributed by atoms with Crippen LogP contribution >= 0.6 is 0 Å². The monoisotopic (exact) mass is 189 g/mol. The van der Waals surface area contributed by atoms with Crippen molar-refractivity contribution in [2.75, 3.05) is 0 Å². The molecule has 1 N–H and O–H groups in total. The number of phenolic OH excluding ortho intramolecular Hbond substituents is 1. The van der Waals surface area contributed by atoms with Crippen LogP contribution in [-0.2, 0) is 13.0 Å². The number of aromatic nitrogens is 1. The van der Waals surface area contributed by atoms with Gasteiger partial charge in [0.05, 0.1) is 5.52 Å². The van der Waals surface area contributed by atoms with Crippen molar-refractivity contribution in [3.63, 3.8) is 0 Å². The summed E-state index contributed by atoms with van der Waals surface area (Å²) >= 11 is 0. The molecule has 1 aromatic heterocycles. The van der Waals surface area contributed by atoms with Gasteiger partial charge in [0.25, 0.3) is 0 Å². The van der Waals surface area contributed by atoms with E-state index in [1.165, 1.54) is 5.69 Å². The molecule has 14 heavy (non-hydrogen) atoms. The van der Waals surface area contributed by atoms with Crippen molar-refractivity contribution in [1.82, 2.24) is 4.57 Å². The van der Waals surface area contributed by atoms with Gasteiger partial charge < -0.3 is 9.67 Å². The van der Waals surface area contributed by atoms with Crippen LogP contribution in [0.15, 0.2) is 24.3 Å². The third-order valence-electron chi connectivity index (χ3n) is 2.69. The number of aryl methyl sites for hydroxylation is 2. The fourth-order valence-corrected chi connectivity index (χ4v) is 1.99. The van der Waals surface area contributed by atoms with Crippen LogP contribution in [0.4, 0.5) is 0 Å². The number of aromatic hydroxyl groups is 1. The molecule has 1 heterocycles. The zero-order valence-corrected chi connectivity index (χ0v) is 8.62. The SMILES string of the molecule is CCc1cc2c(O)cccc2n1CC. The van der Waals surface area contributed by atoms with E-state index in [1.54, 1.807) is 6.07 Å². The first-order chi connectivity index (χ1) is 6.77.